The van der Waals surface area contributed by atoms with Gasteiger partial charge in [0.25, 0.3) is 0 Å². The molecule has 1 aromatic heterocycles. The minimum Gasteiger partial charge on any atom is -0.394 e. The first-order chi connectivity index (χ1) is 12.2. The molecule has 7 heteroatoms. The Bertz CT molecular complexity index is 613. The van der Waals surface area contributed by atoms with E-state index in [1.54, 1.807) is 6.33 Å². The zero-order valence-electron chi connectivity index (χ0n) is 14.6. The number of aromatic nitrogens is 2. The maximum absolute atomic E-state index is 12.1. The van der Waals surface area contributed by atoms with Gasteiger partial charge in [0.2, 0.25) is 5.91 Å². The van der Waals surface area contributed by atoms with E-state index in [0.717, 1.165) is 69.8 Å². The molecule has 136 valence electrons. The van der Waals surface area contributed by atoms with E-state index in [2.05, 4.69) is 20.2 Å². The highest BCUT2D eigenvalue weighted by atomic mass is 16.3. The number of rotatable bonds is 5. The molecule has 1 aliphatic carbocycles. The average molecular weight is 345 g/mol. The van der Waals surface area contributed by atoms with Crippen molar-refractivity contribution in [2.24, 2.45) is 5.92 Å². The lowest BCUT2D eigenvalue weighted by Gasteiger charge is -2.33. The van der Waals surface area contributed by atoms with Crippen molar-refractivity contribution in [3.8, 4) is 0 Å². The Hall–Kier alpha value is -1.89. The van der Waals surface area contributed by atoms with Gasteiger partial charge in [-0.25, -0.2) is 9.97 Å². The second kappa shape index (κ2) is 7.15. The normalized spacial score (nSPS) is 24.6. The molecule has 1 saturated carbocycles. The van der Waals surface area contributed by atoms with E-state index in [9.17, 15) is 9.90 Å². The van der Waals surface area contributed by atoms with E-state index in [-0.39, 0.29) is 12.6 Å². The van der Waals surface area contributed by atoms with Crippen LogP contribution < -0.4 is 10.2 Å². The molecule has 0 aromatic carbocycles. The number of hydrogen-bond donors (Lipinski definition) is 2. The van der Waals surface area contributed by atoms with Gasteiger partial charge in [-0.2, -0.15) is 0 Å². The number of anilines is 2. The molecule has 1 atom stereocenters. The van der Waals surface area contributed by atoms with Gasteiger partial charge in [0.15, 0.2) is 0 Å². The van der Waals surface area contributed by atoms with Crippen molar-refractivity contribution in [3.05, 3.63) is 12.4 Å². The van der Waals surface area contributed by atoms with E-state index in [4.69, 9.17) is 0 Å². The molecular formula is C18H27N5O2. The van der Waals surface area contributed by atoms with E-state index in [1.165, 1.54) is 0 Å². The van der Waals surface area contributed by atoms with Crippen LogP contribution in [-0.4, -0.2) is 64.2 Å². The van der Waals surface area contributed by atoms with Gasteiger partial charge in [-0.15, -0.1) is 0 Å². The van der Waals surface area contributed by atoms with Crippen LogP contribution >= 0.6 is 0 Å². The number of likely N-dealkylation sites (tertiary alicyclic amines) is 1. The minimum absolute atomic E-state index is 0.166. The number of nitrogens with one attached hydrogen (secondary N) is 1. The highest BCUT2D eigenvalue weighted by Gasteiger charge is 2.35. The lowest BCUT2D eigenvalue weighted by Crippen LogP contribution is -2.43. The Labute approximate surface area is 148 Å². The summed E-state index contributed by atoms with van der Waals surface area (Å²) in [6, 6.07) is 2.49. The van der Waals surface area contributed by atoms with E-state index in [0.29, 0.717) is 17.9 Å². The minimum atomic E-state index is 0.166. The van der Waals surface area contributed by atoms with Crippen LogP contribution in [0.4, 0.5) is 11.6 Å². The number of carbonyl (C=O) groups excluding carboxylic acids is 1. The van der Waals surface area contributed by atoms with Crippen LogP contribution in [0.5, 0.6) is 0 Å². The lowest BCUT2D eigenvalue weighted by molar-refractivity contribution is -0.133. The molecule has 7 nitrogen and oxygen atoms in total. The monoisotopic (exact) mass is 345 g/mol. The second-order valence-electron chi connectivity index (χ2n) is 7.45. The van der Waals surface area contributed by atoms with Crippen LogP contribution in [0, 0.1) is 5.92 Å². The lowest BCUT2D eigenvalue weighted by atomic mass is 10.0. The Morgan fingerprint density at radius 1 is 1.16 bits per heavy atom. The molecule has 2 N–H and O–H groups in total. The maximum Gasteiger partial charge on any atom is 0.225 e. The van der Waals surface area contributed by atoms with Gasteiger partial charge >= 0.3 is 0 Å². The van der Waals surface area contributed by atoms with Crippen molar-refractivity contribution in [1.29, 1.82) is 0 Å². The van der Waals surface area contributed by atoms with Gasteiger partial charge in [-0.3, -0.25) is 4.79 Å². The molecule has 0 spiro atoms. The number of amides is 1. The summed E-state index contributed by atoms with van der Waals surface area (Å²) in [6.45, 7) is 2.77. The molecule has 0 unspecified atom stereocenters. The summed E-state index contributed by atoms with van der Waals surface area (Å²) in [7, 11) is 0. The van der Waals surface area contributed by atoms with Gasteiger partial charge in [0.1, 0.15) is 18.0 Å². The highest BCUT2D eigenvalue weighted by Crippen LogP contribution is 2.32. The van der Waals surface area contributed by atoms with Crippen LogP contribution in [-0.2, 0) is 4.79 Å². The molecule has 3 fully saturated rings. The number of hydrogen-bond acceptors (Lipinski definition) is 6. The summed E-state index contributed by atoms with van der Waals surface area (Å²) < 4.78 is 0. The van der Waals surface area contributed by atoms with Crippen LogP contribution in [0.1, 0.15) is 38.5 Å². The van der Waals surface area contributed by atoms with Crippen molar-refractivity contribution >= 4 is 17.5 Å². The Morgan fingerprint density at radius 2 is 1.96 bits per heavy atom. The van der Waals surface area contributed by atoms with Crippen molar-refractivity contribution in [3.63, 3.8) is 0 Å². The molecule has 1 amide bonds. The molecule has 2 saturated heterocycles. The topological polar surface area (TPSA) is 81.6 Å². The smallest absolute Gasteiger partial charge is 0.225 e. The van der Waals surface area contributed by atoms with Gasteiger partial charge in [-0.1, -0.05) is 0 Å². The molecule has 3 heterocycles. The molecule has 1 aromatic rings. The maximum atomic E-state index is 12.1. The summed E-state index contributed by atoms with van der Waals surface area (Å²) in [6.07, 6.45) is 7.76. The predicted molar refractivity (Wildman–Crippen MR) is 95.4 cm³/mol. The van der Waals surface area contributed by atoms with Crippen molar-refractivity contribution < 1.29 is 9.90 Å². The zero-order valence-corrected chi connectivity index (χ0v) is 14.6. The average Bonchev–Trinajstić information content (AvgIpc) is 3.39. The molecule has 4 rings (SSSR count). The fraction of sp³-hybridized carbons (Fsp3) is 0.722. The summed E-state index contributed by atoms with van der Waals surface area (Å²) in [5, 5.41) is 13.0. The standard InChI is InChI=1S/C18H27N5O2/c24-11-15-2-1-7-23(15)17-10-16(19-12-20-17)21-14-5-8-22(9-6-14)18(25)13-3-4-13/h10,12-15,24H,1-9,11H2,(H,19,20,21)/t15-/m0/s1. The third-order valence-electron chi connectivity index (χ3n) is 5.62. The molecule has 25 heavy (non-hydrogen) atoms. The number of nitrogens with zero attached hydrogens (tertiary/aromatic N) is 4. The summed E-state index contributed by atoms with van der Waals surface area (Å²) in [5.41, 5.74) is 0. The Kier molecular flexibility index (Phi) is 4.74. The quantitative estimate of drug-likeness (QED) is 0.836. The Balaban J connectivity index is 1.34. The van der Waals surface area contributed by atoms with Crippen molar-refractivity contribution in [1.82, 2.24) is 14.9 Å². The van der Waals surface area contributed by atoms with Gasteiger partial charge < -0.3 is 20.2 Å². The SMILES string of the molecule is O=C(C1CC1)N1CCC(Nc2cc(N3CCC[C@H]3CO)ncn2)CC1. The summed E-state index contributed by atoms with van der Waals surface area (Å²) in [4.78, 5) is 25.1. The Morgan fingerprint density at radius 3 is 2.68 bits per heavy atom. The van der Waals surface area contributed by atoms with Crippen LogP contribution in [0.15, 0.2) is 12.4 Å². The van der Waals surface area contributed by atoms with E-state index < -0.39 is 0 Å². The first kappa shape index (κ1) is 16.6. The largest absolute Gasteiger partial charge is 0.394 e. The first-order valence-corrected chi connectivity index (χ1v) is 9.49. The molecule has 0 bridgehead atoms. The number of aliphatic hydroxyl groups excluding tert-OH is 1. The summed E-state index contributed by atoms with van der Waals surface area (Å²) in [5.74, 6) is 2.39. The molecule has 2 aliphatic heterocycles. The molecule has 3 aliphatic rings. The van der Waals surface area contributed by atoms with Crippen molar-refractivity contribution in [2.45, 2.75) is 50.6 Å². The second-order valence-corrected chi connectivity index (χ2v) is 7.45. The van der Waals surface area contributed by atoms with Crippen molar-refractivity contribution in [2.75, 3.05) is 36.5 Å². The number of carbonyl (C=O) groups is 1. The van der Waals surface area contributed by atoms with E-state index in [1.807, 2.05) is 11.0 Å². The molecular weight excluding hydrogens is 318 g/mol. The highest BCUT2D eigenvalue weighted by molar-refractivity contribution is 5.81. The summed E-state index contributed by atoms with van der Waals surface area (Å²) >= 11 is 0. The number of piperidine rings is 1. The van der Waals surface area contributed by atoms with Crippen LogP contribution in [0.3, 0.4) is 0 Å². The van der Waals surface area contributed by atoms with Crippen LogP contribution in [0.2, 0.25) is 0 Å². The third kappa shape index (κ3) is 3.71. The fourth-order valence-corrected chi connectivity index (χ4v) is 3.95. The first-order valence-electron chi connectivity index (χ1n) is 9.49. The fourth-order valence-electron chi connectivity index (χ4n) is 3.95. The van der Waals surface area contributed by atoms with Crippen LogP contribution in [0.25, 0.3) is 0 Å². The third-order valence-corrected chi connectivity index (χ3v) is 5.62. The zero-order chi connectivity index (χ0) is 17.2. The van der Waals surface area contributed by atoms with Gasteiger partial charge in [0, 0.05) is 37.7 Å². The predicted octanol–water partition coefficient (Wildman–Crippen LogP) is 1.25. The van der Waals surface area contributed by atoms with Gasteiger partial charge in [-0.05, 0) is 38.5 Å². The molecule has 0 radical (unpaired) electrons. The van der Waals surface area contributed by atoms with E-state index >= 15 is 0 Å². The number of aliphatic hydroxyl groups is 1. The van der Waals surface area contributed by atoms with Gasteiger partial charge in [0.05, 0.1) is 12.6 Å².